The highest BCUT2D eigenvalue weighted by Gasteiger charge is 2.37. The van der Waals surface area contributed by atoms with Gasteiger partial charge in [0.25, 0.3) is 0 Å². The van der Waals surface area contributed by atoms with Crippen LogP contribution in [0.4, 0.5) is 4.39 Å². The zero-order valence-electron chi connectivity index (χ0n) is 9.03. The van der Waals surface area contributed by atoms with Crippen LogP contribution in [0.2, 0.25) is 0 Å². The number of hydrogen-bond acceptors (Lipinski definition) is 4. The van der Waals surface area contributed by atoms with Gasteiger partial charge in [0.15, 0.2) is 0 Å². The Bertz CT molecular complexity index is 389. The minimum absolute atomic E-state index is 0.250. The fraction of sp³-hybridized carbons (Fsp3) is 0.400. The molecule has 0 saturated carbocycles. The largest absolute Gasteiger partial charge is 0.498 e. The van der Waals surface area contributed by atoms with Crippen LogP contribution in [0.3, 0.4) is 0 Å². The smallest absolute Gasteiger partial charge is 0.492 e. The van der Waals surface area contributed by atoms with E-state index in [1.807, 2.05) is 0 Å². The van der Waals surface area contributed by atoms with Crippen molar-refractivity contribution in [1.29, 1.82) is 0 Å². The average Bonchev–Trinajstić information content (AvgIpc) is 2.65. The summed E-state index contributed by atoms with van der Waals surface area (Å²) in [5.74, 6) is 0.432. The lowest BCUT2D eigenvalue weighted by Crippen LogP contribution is -2.31. The molecule has 0 atom stereocenters. The van der Waals surface area contributed by atoms with E-state index >= 15 is 0 Å². The van der Waals surface area contributed by atoms with Gasteiger partial charge in [0.1, 0.15) is 18.2 Å². The molecule has 0 unspecified atom stereocenters. The van der Waals surface area contributed by atoms with Crippen molar-refractivity contribution in [2.75, 3.05) is 20.3 Å². The fourth-order valence-electron chi connectivity index (χ4n) is 1.83. The van der Waals surface area contributed by atoms with Gasteiger partial charge in [-0.15, -0.1) is 0 Å². The molecule has 2 heterocycles. The molecular weight excluding hydrogens is 212 g/mol. The number of rotatable bonds is 0. The lowest BCUT2D eigenvalue weighted by Gasteiger charge is -2.06. The number of ether oxygens (including phenoxy) is 1. The van der Waals surface area contributed by atoms with E-state index in [1.54, 1.807) is 6.07 Å². The molecule has 86 valence electrons. The molecule has 16 heavy (non-hydrogen) atoms. The molecule has 2 aliphatic heterocycles. The summed E-state index contributed by atoms with van der Waals surface area (Å²) in [6.07, 6.45) is 0. The van der Waals surface area contributed by atoms with Gasteiger partial charge in [-0.1, -0.05) is 0 Å². The molecule has 0 fully saturated rings. The molecule has 1 aromatic rings. The van der Waals surface area contributed by atoms with Crippen molar-refractivity contribution in [2.45, 2.75) is 6.61 Å². The number of hydrogen-bond donors (Lipinski definition) is 1. The Balaban J connectivity index is 0.000000457. The van der Waals surface area contributed by atoms with Crippen LogP contribution in [-0.2, 0) is 15.9 Å². The topological polar surface area (TPSA) is 53.7 Å². The van der Waals surface area contributed by atoms with Gasteiger partial charge in [-0.2, -0.15) is 0 Å². The standard InChI is InChI=1S/C9H8BFO3.CH5N/c11-7-1-2-8-9-6(7)5-14-10(9)13-4-3-12-8;1-2/h1-2H,3-5H2;2H2,1H3. The van der Waals surface area contributed by atoms with Crippen molar-refractivity contribution in [2.24, 2.45) is 5.73 Å². The Kier molecular flexibility index (Phi) is 3.43. The van der Waals surface area contributed by atoms with Gasteiger partial charge >= 0.3 is 7.12 Å². The lowest BCUT2D eigenvalue weighted by molar-refractivity contribution is 0.178. The van der Waals surface area contributed by atoms with Gasteiger partial charge in [0.05, 0.1) is 13.2 Å². The summed E-state index contributed by atoms with van der Waals surface area (Å²) in [5.41, 5.74) is 5.79. The summed E-state index contributed by atoms with van der Waals surface area (Å²) in [6.45, 7) is 1.22. The van der Waals surface area contributed by atoms with Gasteiger partial charge in [-0.05, 0) is 19.2 Å². The molecule has 2 aliphatic rings. The van der Waals surface area contributed by atoms with E-state index in [1.165, 1.54) is 13.1 Å². The van der Waals surface area contributed by atoms with Crippen molar-refractivity contribution in [3.8, 4) is 5.75 Å². The van der Waals surface area contributed by atoms with Crippen LogP contribution in [0.5, 0.6) is 5.75 Å². The molecule has 4 nitrogen and oxygen atoms in total. The second kappa shape index (κ2) is 4.82. The summed E-state index contributed by atoms with van der Waals surface area (Å²) in [5, 5.41) is 0. The van der Waals surface area contributed by atoms with Crippen LogP contribution < -0.4 is 15.9 Å². The second-order valence-electron chi connectivity index (χ2n) is 3.30. The first kappa shape index (κ1) is 11.4. The van der Waals surface area contributed by atoms with Crippen LogP contribution in [-0.4, -0.2) is 27.4 Å². The van der Waals surface area contributed by atoms with E-state index in [-0.39, 0.29) is 12.4 Å². The van der Waals surface area contributed by atoms with Gasteiger partial charge in [0.2, 0.25) is 0 Å². The molecule has 6 heteroatoms. The summed E-state index contributed by atoms with van der Waals surface area (Å²) in [7, 11) is 1.05. The maximum Gasteiger partial charge on any atom is 0.498 e. The molecule has 0 spiro atoms. The Hall–Kier alpha value is -1.11. The van der Waals surface area contributed by atoms with Crippen molar-refractivity contribution in [3.05, 3.63) is 23.5 Å². The predicted molar refractivity (Wildman–Crippen MR) is 58.1 cm³/mol. The quantitative estimate of drug-likeness (QED) is 0.633. The molecule has 0 radical (unpaired) electrons. The fourth-order valence-corrected chi connectivity index (χ4v) is 1.83. The minimum Gasteiger partial charge on any atom is -0.492 e. The van der Waals surface area contributed by atoms with E-state index in [9.17, 15) is 4.39 Å². The SMILES string of the molecule is CN.Fc1ccc2c3c1COB3OCCO2. The molecule has 0 aromatic heterocycles. The van der Waals surface area contributed by atoms with Crippen LogP contribution in [0.25, 0.3) is 0 Å². The zero-order chi connectivity index (χ0) is 11.5. The van der Waals surface area contributed by atoms with Crippen LogP contribution in [0.15, 0.2) is 12.1 Å². The lowest BCUT2D eigenvalue weighted by atomic mass is 9.78. The first-order valence-electron chi connectivity index (χ1n) is 5.11. The highest BCUT2D eigenvalue weighted by molar-refractivity contribution is 6.64. The zero-order valence-corrected chi connectivity index (χ0v) is 9.03. The van der Waals surface area contributed by atoms with Crippen LogP contribution in [0.1, 0.15) is 5.56 Å². The van der Waals surface area contributed by atoms with Gasteiger partial charge < -0.3 is 19.8 Å². The normalized spacial score (nSPS) is 16.8. The maximum atomic E-state index is 13.3. The summed E-state index contributed by atoms with van der Waals surface area (Å²) in [6, 6.07) is 3.04. The van der Waals surface area contributed by atoms with Crippen molar-refractivity contribution in [1.82, 2.24) is 0 Å². The third-order valence-corrected chi connectivity index (χ3v) is 2.48. The summed E-state index contributed by atoms with van der Waals surface area (Å²) >= 11 is 0. The molecule has 0 amide bonds. The molecule has 2 N–H and O–H groups in total. The predicted octanol–water partition coefficient (Wildman–Crippen LogP) is 0.0350. The maximum absolute atomic E-state index is 13.3. The van der Waals surface area contributed by atoms with E-state index in [2.05, 4.69) is 5.73 Å². The highest BCUT2D eigenvalue weighted by atomic mass is 19.1. The van der Waals surface area contributed by atoms with Crippen molar-refractivity contribution < 1.29 is 18.4 Å². The van der Waals surface area contributed by atoms with E-state index in [4.69, 9.17) is 14.0 Å². The Labute approximate surface area is 93.6 Å². The van der Waals surface area contributed by atoms with Crippen LogP contribution >= 0.6 is 0 Å². The monoisotopic (exact) mass is 225 g/mol. The molecule has 0 saturated heterocycles. The molecule has 1 aromatic carbocycles. The number of halogens is 1. The van der Waals surface area contributed by atoms with Crippen LogP contribution in [0, 0.1) is 5.82 Å². The Morgan fingerprint density at radius 2 is 2.06 bits per heavy atom. The van der Waals surface area contributed by atoms with E-state index in [0.717, 1.165) is 5.46 Å². The number of benzene rings is 1. The van der Waals surface area contributed by atoms with Crippen molar-refractivity contribution in [3.63, 3.8) is 0 Å². The minimum atomic E-state index is -0.446. The molecule has 0 bridgehead atoms. The van der Waals surface area contributed by atoms with E-state index in [0.29, 0.717) is 24.5 Å². The van der Waals surface area contributed by atoms with E-state index < -0.39 is 7.12 Å². The third kappa shape index (κ3) is 1.79. The highest BCUT2D eigenvalue weighted by Crippen LogP contribution is 2.23. The first-order valence-corrected chi connectivity index (χ1v) is 5.11. The second-order valence-corrected chi connectivity index (χ2v) is 3.30. The van der Waals surface area contributed by atoms with Gasteiger partial charge in [-0.25, -0.2) is 4.39 Å². The van der Waals surface area contributed by atoms with Crippen molar-refractivity contribution >= 4 is 12.6 Å². The Morgan fingerprint density at radius 3 is 2.88 bits per heavy atom. The van der Waals surface area contributed by atoms with Gasteiger partial charge in [0, 0.05) is 11.0 Å². The van der Waals surface area contributed by atoms with Gasteiger partial charge in [-0.3, -0.25) is 0 Å². The Morgan fingerprint density at radius 1 is 1.25 bits per heavy atom. The molecule has 3 rings (SSSR count). The summed E-state index contributed by atoms with van der Waals surface area (Å²) < 4.78 is 29.5. The molecule has 0 aliphatic carbocycles. The summed E-state index contributed by atoms with van der Waals surface area (Å²) in [4.78, 5) is 0. The first-order chi connectivity index (χ1) is 7.86. The third-order valence-electron chi connectivity index (χ3n) is 2.48. The number of nitrogens with two attached hydrogens (primary N) is 1. The average molecular weight is 225 g/mol. The molecular formula is C10H13BFNO3.